The average molecular weight is 383 g/mol. The highest BCUT2D eigenvalue weighted by Crippen LogP contribution is 2.26. The Morgan fingerprint density at radius 2 is 1.89 bits per heavy atom. The van der Waals surface area contributed by atoms with Crippen molar-refractivity contribution < 1.29 is 23.5 Å². The van der Waals surface area contributed by atoms with Crippen molar-refractivity contribution in [3.05, 3.63) is 48.0 Å². The summed E-state index contributed by atoms with van der Waals surface area (Å²) in [4.78, 5) is 28.0. The molecule has 0 radical (unpaired) electrons. The van der Waals surface area contributed by atoms with Gasteiger partial charge in [0.05, 0.1) is 18.5 Å². The summed E-state index contributed by atoms with van der Waals surface area (Å²) in [5, 5.41) is 6.87. The van der Waals surface area contributed by atoms with E-state index in [2.05, 4.69) is 15.2 Å². The van der Waals surface area contributed by atoms with Gasteiger partial charge in [-0.3, -0.25) is 5.10 Å². The molecule has 0 atom stereocenters. The Labute approximate surface area is 161 Å². The maximum Gasteiger partial charge on any atom is 0.375 e. The molecule has 0 fully saturated rings. The van der Waals surface area contributed by atoms with E-state index in [1.807, 2.05) is 6.07 Å². The normalized spacial score (nSPS) is 11.3. The number of aromatic nitrogens is 3. The molecule has 0 saturated carbocycles. The van der Waals surface area contributed by atoms with E-state index in [4.69, 9.17) is 13.9 Å². The smallest absolute Gasteiger partial charge is 0.375 e. The molecule has 0 aliphatic rings. The van der Waals surface area contributed by atoms with Gasteiger partial charge in [-0.25, -0.2) is 14.6 Å². The number of benzene rings is 1. The number of ether oxygens (including phenoxy) is 2. The highest BCUT2D eigenvalue weighted by Gasteiger charge is 2.20. The Kier molecular flexibility index (Phi) is 5.30. The SMILES string of the molecule is CCOC(=O)c1cnc(-c2cccc(-c3cc(C(=O)OC(C)(C)C)[nH]n3)c2)o1. The maximum atomic E-state index is 12.2. The minimum absolute atomic E-state index is 0.0363. The summed E-state index contributed by atoms with van der Waals surface area (Å²) in [6.07, 6.45) is 1.33. The molecule has 1 aromatic carbocycles. The van der Waals surface area contributed by atoms with Gasteiger partial charge in [-0.15, -0.1) is 0 Å². The number of esters is 2. The number of oxazole rings is 1. The summed E-state index contributed by atoms with van der Waals surface area (Å²) in [6.45, 7) is 7.36. The fourth-order valence-electron chi connectivity index (χ4n) is 2.42. The molecule has 0 bridgehead atoms. The fourth-order valence-corrected chi connectivity index (χ4v) is 2.42. The van der Waals surface area contributed by atoms with E-state index in [9.17, 15) is 9.59 Å². The molecule has 146 valence electrons. The highest BCUT2D eigenvalue weighted by molar-refractivity contribution is 5.89. The average Bonchev–Trinajstić information content (AvgIpc) is 3.31. The van der Waals surface area contributed by atoms with Crippen LogP contribution in [0.5, 0.6) is 0 Å². The second-order valence-electron chi connectivity index (χ2n) is 7.00. The van der Waals surface area contributed by atoms with Crippen molar-refractivity contribution in [3.8, 4) is 22.7 Å². The van der Waals surface area contributed by atoms with Gasteiger partial charge in [0.15, 0.2) is 0 Å². The summed E-state index contributed by atoms with van der Waals surface area (Å²) >= 11 is 0. The second kappa shape index (κ2) is 7.67. The minimum atomic E-state index is -0.593. The van der Waals surface area contributed by atoms with Crippen LogP contribution in [0.3, 0.4) is 0 Å². The molecule has 0 unspecified atom stereocenters. The van der Waals surface area contributed by atoms with Crippen LogP contribution < -0.4 is 0 Å². The van der Waals surface area contributed by atoms with Gasteiger partial charge < -0.3 is 13.9 Å². The molecule has 0 spiro atoms. The first-order valence-electron chi connectivity index (χ1n) is 8.79. The summed E-state index contributed by atoms with van der Waals surface area (Å²) in [5.74, 6) is -0.720. The number of aromatic amines is 1. The Balaban J connectivity index is 1.83. The molecular weight excluding hydrogens is 362 g/mol. The van der Waals surface area contributed by atoms with Crippen molar-refractivity contribution in [1.29, 1.82) is 0 Å². The van der Waals surface area contributed by atoms with E-state index in [0.29, 0.717) is 11.3 Å². The van der Waals surface area contributed by atoms with Gasteiger partial charge in [-0.1, -0.05) is 12.1 Å². The predicted molar refractivity (Wildman–Crippen MR) is 101 cm³/mol. The molecule has 0 aliphatic carbocycles. The third kappa shape index (κ3) is 4.46. The van der Waals surface area contributed by atoms with E-state index in [1.54, 1.807) is 52.0 Å². The van der Waals surface area contributed by atoms with Crippen molar-refractivity contribution in [1.82, 2.24) is 15.2 Å². The first kappa shape index (κ1) is 19.3. The predicted octanol–water partition coefficient (Wildman–Crippen LogP) is 3.86. The zero-order valence-electron chi connectivity index (χ0n) is 16.1. The summed E-state index contributed by atoms with van der Waals surface area (Å²) in [5.41, 5.74) is 1.65. The zero-order chi connectivity index (χ0) is 20.3. The standard InChI is InChI=1S/C20H21N3O5/c1-5-26-19(25)16-11-21-17(27-16)13-8-6-7-12(9-13)14-10-15(23-22-14)18(24)28-20(2,3)4/h6-11H,5H2,1-4H3,(H,22,23). The first-order chi connectivity index (χ1) is 13.3. The number of rotatable bonds is 5. The molecule has 0 saturated heterocycles. The molecule has 3 aromatic rings. The monoisotopic (exact) mass is 383 g/mol. The van der Waals surface area contributed by atoms with Crippen LogP contribution in [0, 0.1) is 0 Å². The first-order valence-corrected chi connectivity index (χ1v) is 8.79. The lowest BCUT2D eigenvalue weighted by Crippen LogP contribution is -2.24. The number of nitrogens with zero attached hydrogens (tertiary/aromatic N) is 2. The highest BCUT2D eigenvalue weighted by atomic mass is 16.6. The maximum absolute atomic E-state index is 12.2. The molecule has 2 heterocycles. The number of nitrogens with one attached hydrogen (secondary N) is 1. The Morgan fingerprint density at radius 3 is 2.61 bits per heavy atom. The molecule has 0 aliphatic heterocycles. The van der Waals surface area contributed by atoms with Gasteiger partial charge in [0.2, 0.25) is 11.7 Å². The van der Waals surface area contributed by atoms with Crippen LogP contribution in [0.25, 0.3) is 22.7 Å². The van der Waals surface area contributed by atoms with Crippen LogP contribution in [0.4, 0.5) is 0 Å². The molecule has 28 heavy (non-hydrogen) atoms. The van der Waals surface area contributed by atoms with Crippen LogP contribution in [-0.4, -0.2) is 39.3 Å². The van der Waals surface area contributed by atoms with E-state index in [0.717, 1.165) is 5.56 Å². The van der Waals surface area contributed by atoms with Crippen LogP contribution >= 0.6 is 0 Å². The largest absolute Gasteiger partial charge is 0.460 e. The molecular formula is C20H21N3O5. The lowest BCUT2D eigenvalue weighted by atomic mass is 10.1. The Morgan fingerprint density at radius 1 is 1.14 bits per heavy atom. The van der Waals surface area contributed by atoms with Gasteiger partial charge in [0, 0.05) is 11.1 Å². The molecule has 1 N–H and O–H groups in total. The lowest BCUT2D eigenvalue weighted by Gasteiger charge is -2.18. The number of carbonyl (C=O) groups is 2. The van der Waals surface area contributed by atoms with Crippen molar-refractivity contribution >= 4 is 11.9 Å². The van der Waals surface area contributed by atoms with E-state index < -0.39 is 17.5 Å². The van der Waals surface area contributed by atoms with Crippen molar-refractivity contribution in [2.75, 3.05) is 6.61 Å². The summed E-state index contributed by atoms with van der Waals surface area (Å²) < 4.78 is 15.7. The number of H-pyrrole nitrogens is 1. The van der Waals surface area contributed by atoms with Crippen LogP contribution in [0.2, 0.25) is 0 Å². The topological polar surface area (TPSA) is 107 Å². The summed E-state index contributed by atoms with van der Waals surface area (Å²) in [7, 11) is 0. The molecule has 0 amide bonds. The minimum Gasteiger partial charge on any atom is -0.460 e. The van der Waals surface area contributed by atoms with Crippen molar-refractivity contribution in [2.45, 2.75) is 33.3 Å². The van der Waals surface area contributed by atoms with Crippen molar-refractivity contribution in [2.24, 2.45) is 0 Å². The Bertz CT molecular complexity index is 997. The number of hydrogen-bond acceptors (Lipinski definition) is 7. The van der Waals surface area contributed by atoms with Gasteiger partial charge in [0.25, 0.3) is 0 Å². The van der Waals surface area contributed by atoms with Crippen LogP contribution in [-0.2, 0) is 9.47 Å². The van der Waals surface area contributed by atoms with Gasteiger partial charge in [-0.2, -0.15) is 5.10 Å². The molecule has 8 nitrogen and oxygen atoms in total. The van der Waals surface area contributed by atoms with Gasteiger partial charge >= 0.3 is 11.9 Å². The van der Waals surface area contributed by atoms with Crippen molar-refractivity contribution in [3.63, 3.8) is 0 Å². The van der Waals surface area contributed by atoms with Crippen LogP contribution in [0.15, 0.2) is 40.9 Å². The second-order valence-corrected chi connectivity index (χ2v) is 7.00. The molecule has 8 heteroatoms. The fraction of sp³-hybridized carbons (Fsp3) is 0.300. The van der Waals surface area contributed by atoms with Crippen LogP contribution in [0.1, 0.15) is 48.7 Å². The molecule has 3 rings (SSSR count). The van der Waals surface area contributed by atoms with E-state index in [-0.39, 0.29) is 24.0 Å². The summed E-state index contributed by atoms with van der Waals surface area (Å²) in [6, 6.07) is 8.86. The number of hydrogen-bond donors (Lipinski definition) is 1. The zero-order valence-corrected chi connectivity index (χ0v) is 16.1. The lowest BCUT2D eigenvalue weighted by molar-refractivity contribution is 0.00626. The third-order valence-corrected chi connectivity index (χ3v) is 3.58. The third-order valence-electron chi connectivity index (χ3n) is 3.58. The van der Waals surface area contributed by atoms with E-state index >= 15 is 0 Å². The molecule has 2 aromatic heterocycles. The Hall–Kier alpha value is -3.42. The number of carbonyl (C=O) groups excluding carboxylic acids is 2. The van der Waals surface area contributed by atoms with E-state index in [1.165, 1.54) is 6.20 Å². The quantitative estimate of drug-likeness (QED) is 0.667. The van der Waals surface area contributed by atoms with Gasteiger partial charge in [-0.05, 0) is 45.9 Å². The van der Waals surface area contributed by atoms with Gasteiger partial charge in [0.1, 0.15) is 11.3 Å².